The van der Waals surface area contributed by atoms with Crippen LogP contribution in [0.15, 0.2) is 41.3 Å². The Morgan fingerprint density at radius 1 is 1.14 bits per heavy atom. The first-order valence-electron chi connectivity index (χ1n) is 9.22. The fourth-order valence-electron chi connectivity index (χ4n) is 3.34. The molecule has 152 valence electrons. The summed E-state index contributed by atoms with van der Waals surface area (Å²) in [6.07, 6.45) is 6.15. The Morgan fingerprint density at radius 3 is 2.50 bits per heavy atom. The van der Waals surface area contributed by atoms with Crippen molar-refractivity contribution >= 4 is 21.9 Å². The monoisotopic (exact) mass is 410 g/mol. The van der Waals surface area contributed by atoms with Gasteiger partial charge in [0.2, 0.25) is 10.0 Å². The van der Waals surface area contributed by atoms with Gasteiger partial charge in [0, 0.05) is 26.2 Å². The molecule has 0 bridgehead atoms. The summed E-state index contributed by atoms with van der Waals surface area (Å²) in [5.41, 5.74) is 0. The van der Waals surface area contributed by atoms with E-state index < -0.39 is 21.8 Å². The molecule has 1 aliphatic carbocycles. The van der Waals surface area contributed by atoms with E-state index in [1.54, 1.807) is 0 Å². The third-order valence-corrected chi connectivity index (χ3v) is 6.88. The van der Waals surface area contributed by atoms with Crippen molar-refractivity contribution in [3.63, 3.8) is 0 Å². The second-order valence-corrected chi connectivity index (χ2v) is 8.75. The average molecular weight is 410 g/mol. The number of carbonyl (C=O) groups excluding carboxylic acids is 2. The second kappa shape index (κ2) is 8.83. The third kappa shape index (κ3) is 4.77. The molecule has 9 heteroatoms. The van der Waals surface area contributed by atoms with Crippen LogP contribution in [0.2, 0.25) is 0 Å². The maximum Gasteiger partial charge on any atom is 0.306 e. The van der Waals surface area contributed by atoms with Gasteiger partial charge in [-0.1, -0.05) is 24.3 Å². The van der Waals surface area contributed by atoms with Crippen molar-refractivity contribution < 1.29 is 27.1 Å². The molecule has 1 aromatic carbocycles. The van der Waals surface area contributed by atoms with Crippen LogP contribution in [0.4, 0.5) is 4.39 Å². The van der Waals surface area contributed by atoms with Gasteiger partial charge in [-0.25, -0.2) is 12.8 Å². The molecule has 0 saturated carbocycles. The largest absolute Gasteiger partial charge is 0.456 e. The lowest BCUT2D eigenvalue weighted by Gasteiger charge is -2.33. The molecule has 0 aromatic heterocycles. The van der Waals surface area contributed by atoms with Crippen LogP contribution in [0.5, 0.6) is 0 Å². The number of halogens is 1. The number of esters is 1. The van der Waals surface area contributed by atoms with E-state index in [1.165, 1.54) is 23.1 Å². The maximum atomic E-state index is 13.8. The summed E-state index contributed by atoms with van der Waals surface area (Å²) < 4.78 is 45.2. The van der Waals surface area contributed by atoms with E-state index in [1.807, 2.05) is 12.2 Å². The molecule has 0 radical (unpaired) electrons. The number of carbonyl (C=O) groups is 2. The highest BCUT2D eigenvalue weighted by Crippen LogP contribution is 2.21. The van der Waals surface area contributed by atoms with E-state index in [2.05, 4.69) is 0 Å². The molecule has 0 unspecified atom stereocenters. The highest BCUT2D eigenvalue weighted by molar-refractivity contribution is 7.89. The lowest BCUT2D eigenvalue weighted by molar-refractivity contribution is -0.153. The van der Waals surface area contributed by atoms with Crippen molar-refractivity contribution in [2.24, 2.45) is 5.92 Å². The number of nitrogens with zero attached hydrogens (tertiary/aromatic N) is 2. The minimum atomic E-state index is -3.95. The summed E-state index contributed by atoms with van der Waals surface area (Å²) in [6.45, 7) is 0.0899. The first kappa shape index (κ1) is 20.5. The Balaban J connectivity index is 1.48. The zero-order valence-electron chi connectivity index (χ0n) is 15.4. The van der Waals surface area contributed by atoms with Crippen LogP contribution < -0.4 is 0 Å². The molecule has 1 aliphatic heterocycles. The number of piperazine rings is 1. The van der Waals surface area contributed by atoms with Crippen LogP contribution in [0.1, 0.15) is 19.3 Å². The van der Waals surface area contributed by atoms with E-state index in [9.17, 15) is 22.4 Å². The number of ether oxygens (including phenoxy) is 1. The smallest absolute Gasteiger partial charge is 0.306 e. The fourth-order valence-corrected chi connectivity index (χ4v) is 4.83. The minimum absolute atomic E-state index is 0.0588. The molecule has 1 aromatic rings. The summed E-state index contributed by atoms with van der Waals surface area (Å²) in [5, 5.41) is 0. The zero-order chi connectivity index (χ0) is 20.1. The molecule has 1 heterocycles. The van der Waals surface area contributed by atoms with Gasteiger partial charge in [-0.15, -0.1) is 0 Å². The van der Waals surface area contributed by atoms with Crippen LogP contribution in [0, 0.1) is 11.7 Å². The van der Waals surface area contributed by atoms with Crippen molar-refractivity contribution in [2.45, 2.75) is 24.2 Å². The van der Waals surface area contributed by atoms with Gasteiger partial charge in [-0.2, -0.15) is 4.31 Å². The normalized spacial score (nSPS) is 20.3. The van der Waals surface area contributed by atoms with Crippen molar-refractivity contribution in [1.82, 2.24) is 9.21 Å². The number of hydrogen-bond donors (Lipinski definition) is 0. The summed E-state index contributed by atoms with van der Waals surface area (Å²) in [6, 6.07) is 5.21. The van der Waals surface area contributed by atoms with E-state index in [-0.39, 0.29) is 55.9 Å². The van der Waals surface area contributed by atoms with E-state index in [4.69, 9.17) is 4.74 Å². The van der Waals surface area contributed by atoms with E-state index in [0.717, 1.165) is 23.2 Å². The Morgan fingerprint density at radius 2 is 1.86 bits per heavy atom. The number of amides is 1. The zero-order valence-corrected chi connectivity index (χ0v) is 16.2. The second-order valence-electron chi connectivity index (χ2n) is 6.85. The van der Waals surface area contributed by atoms with Gasteiger partial charge in [0.05, 0.1) is 6.42 Å². The number of benzene rings is 1. The Kier molecular flexibility index (Phi) is 6.46. The van der Waals surface area contributed by atoms with Gasteiger partial charge in [0.1, 0.15) is 10.7 Å². The Labute approximate surface area is 163 Å². The van der Waals surface area contributed by atoms with E-state index in [0.29, 0.717) is 0 Å². The maximum absolute atomic E-state index is 13.8. The number of rotatable bonds is 6. The Bertz CT molecular complexity index is 863. The minimum Gasteiger partial charge on any atom is -0.456 e. The highest BCUT2D eigenvalue weighted by Gasteiger charge is 2.32. The fraction of sp³-hybridized carbons (Fsp3) is 0.474. The van der Waals surface area contributed by atoms with Crippen molar-refractivity contribution in [2.75, 3.05) is 32.8 Å². The van der Waals surface area contributed by atoms with Gasteiger partial charge in [-0.3, -0.25) is 9.59 Å². The molecule has 0 spiro atoms. The molecule has 3 rings (SSSR count). The molecule has 0 N–H and O–H groups in total. The van der Waals surface area contributed by atoms with Crippen LogP contribution >= 0.6 is 0 Å². The molecular weight excluding hydrogens is 387 g/mol. The predicted molar refractivity (Wildman–Crippen MR) is 99.2 cm³/mol. The van der Waals surface area contributed by atoms with Crippen LogP contribution in [-0.4, -0.2) is 62.3 Å². The van der Waals surface area contributed by atoms with Crippen molar-refractivity contribution in [1.29, 1.82) is 0 Å². The van der Waals surface area contributed by atoms with Gasteiger partial charge in [0.25, 0.3) is 5.91 Å². The SMILES string of the molecule is O=C(C[C@@H]1C=CCC1)OCC(=O)N1CCN(S(=O)(=O)c2ccccc2F)CC1. The predicted octanol–water partition coefficient (Wildman–Crippen LogP) is 1.56. The van der Waals surface area contributed by atoms with Crippen molar-refractivity contribution in [3.8, 4) is 0 Å². The average Bonchev–Trinajstić information content (AvgIpc) is 3.19. The lowest BCUT2D eigenvalue weighted by atomic mass is 10.1. The highest BCUT2D eigenvalue weighted by atomic mass is 32.2. The van der Waals surface area contributed by atoms with Crippen LogP contribution in [0.3, 0.4) is 0 Å². The Hall–Kier alpha value is -2.26. The lowest BCUT2D eigenvalue weighted by Crippen LogP contribution is -2.51. The van der Waals surface area contributed by atoms with Gasteiger partial charge < -0.3 is 9.64 Å². The number of sulfonamides is 1. The summed E-state index contributed by atoms with van der Waals surface area (Å²) in [4.78, 5) is 25.1. The van der Waals surface area contributed by atoms with Crippen LogP contribution in [-0.2, 0) is 24.3 Å². The molecule has 1 atom stereocenters. The molecular formula is C19H23FN2O5S. The summed E-state index contributed by atoms with van der Waals surface area (Å²) in [7, 11) is -3.95. The third-order valence-electron chi connectivity index (χ3n) is 4.94. The van der Waals surface area contributed by atoms with Gasteiger partial charge in [0.15, 0.2) is 6.61 Å². The van der Waals surface area contributed by atoms with E-state index >= 15 is 0 Å². The van der Waals surface area contributed by atoms with Crippen LogP contribution in [0.25, 0.3) is 0 Å². The standard InChI is InChI=1S/C19H23FN2O5S/c20-16-7-3-4-8-17(16)28(25,26)22-11-9-21(10-12-22)18(23)14-27-19(24)13-15-5-1-2-6-15/h1,3-5,7-8,15H,2,6,9-14H2/t15-/m1/s1. The number of allylic oxidation sites excluding steroid dienone is 2. The first-order chi connectivity index (χ1) is 13.4. The van der Waals surface area contributed by atoms with Crippen molar-refractivity contribution in [3.05, 3.63) is 42.2 Å². The molecule has 28 heavy (non-hydrogen) atoms. The van der Waals surface area contributed by atoms with Gasteiger partial charge in [-0.05, 0) is 30.9 Å². The molecule has 1 saturated heterocycles. The molecule has 1 fully saturated rings. The molecule has 1 amide bonds. The first-order valence-corrected chi connectivity index (χ1v) is 10.7. The quantitative estimate of drug-likeness (QED) is 0.525. The number of hydrogen-bond acceptors (Lipinski definition) is 5. The summed E-state index contributed by atoms with van der Waals surface area (Å²) >= 11 is 0. The molecule has 2 aliphatic rings. The topological polar surface area (TPSA) is 84.0 Å². The van der Waals surface area contributed by atoms with Gasteiger partial charge >= 0.3 is 5.97 Å². The molecule has 7 nitrogen and oxygen atoms in total. The summed E-state index contributed by atoms with van der Waals surface area (Å²) in [5.74, 6) is -1.40.